The van der Waals surface area contributed by atoms with Gasteiger partial charge < -0.3 is 14.6 Å². The molecule has 0 aliphatic heterocycles. The average molecular weight is 381 g/mol. The Morgan fingerprint density at radius 3 is 2.07 bits per heavy atom. The van der Waals surface area contributed by atoms with Crippen molar-refractivity contribution in [1.82, 2.24) is 4.57 Å². The van der Waals surface area contributed by atoms with Gasteiger partial charge in [-0.25, -0.2) is 14.2 Å². The minimum atomic E-state index is -0.729. The van der Waals surface area contributed by atoms with Crippen LogP contribution in [0.3, 0.4) is 0 Å². The lowest BCUT2D eigenvalue weighted by Crippen LogP contribution is -2.22. The number of hydrogen-bond acceptors (Lipinski definition) is 6. The van der Waals surface area contributed by atoms with Crippen molar-refractivity contribution in [3.05, 3.63) is 70.0 Å². The highest BCUT2D eigenvalue weighted by molar-refractivity contribution is 6.06. The molecule has 0 saturated heterocycles. The summed E-state index contributed by atoms with van der Waals surface area (Å²) >= 11 is 0. The summed E-state index contributed by atoms with van der Waals surface area (Å²) in [7, 11) is 0. The molecular weight excluding hydrogens is 362 g/mol. The molecule has 7 heteroatoms. The number of esters is 2. The first-order chi connectivity index (χ1) is 13.5. The topological polar surface area (TPSA) is 94.8 Å². The standard InChI is InChI=1S/C21H19NO6/c1-3-27-20(25)13-9-11-14(12-10-13)22-18(23)16-8-6-5-7-15(16)17(19(22)24)21(26)28-4-2/h5-12,24H,3-4H2,1-2H3. The molecule has 0 unspecified atom stereocenters. The van der Waals surface area contributed by atoms with Crippen LogP contribution in [0.1, 0.15) is 34.6 Å². The van der Waals surface area contributed by atoms with Gasteiger partial charge in [0.15, 0.2) is 0 Å². The Bertz CT molecular complexity index is 1100. The molecular formula is C21H19NO6. The predicted octanol–water partition coefficient (Wildman–Crippen LogP) is 3.05. The second-order valence-electron chi connectivity index (χ2n) is 5.87. The number of pyridine rings is 1. The lowest BCUT2D eigenvalue weighted by atomic mass is 10.1. The number of aromatic nitrogens is 1. The molecule has 3 rings (SSSR count). The van der Waals surface area contributed by atoms with Crippen LogP contribution in [-0.4, -0.2) is 34.8 Å². The molecule has 144 valence electrons. The number of ether oxygens (including phenoxy) is 2. The van der Waals surface area contributed by atoms with E-state index in [0.29, 0.717) is 16.6 Å². The Hall–Kier alpha value is -3.61. The van der Waals surface area contributed by atoms with Crippen molar-refractivity contribution in [3.8, 4) is 11.6 Å². The van der Waals surface area contributed by atoms with Gasteiger partial charge in [0.2, 0.25) is 5.88 Å². The van der Waals surface area contributed by atoms with Gasteiger partial charge in [-0.3, -0.25) is 4.79 Å². The van der Waals surface area contributed by atoms with E-state index in [1.54, 1.807) is 38.1 Å². The fourth-order valence-electron chi connectivity index (χ4n) is 2.94. The number of aromatic hydroxyl groups is 1. The third-order valence-electron chi connectivity index (χ3n) is 4.18. The Morgan fingerprint density at radius 2 is 1.46 bits per heavy atom. The van der Waals surface area contributed by atoms with Crippen molar-refractivity contribution in [3.63, 3.8) is 0 Å². The Kier molecular flexibility index (Phi) is 5.44. The molecule has 1 heterocycles. The highest BCUT2D eigenvalue weighted by atomic mass is 16.5. The van der Waals surface area contributed by atoms with Crippen molar-refractivity contribution in [2.45, 2.75) is 13.8 Å². The molecule has 1 N–H and O–H groups in total. The van der Waals surface area contributed by atoms with Gasteiger partial charge in [0.05, 0.1) is 24.5 Å². The number of hydrogen-bond donors (Lipinski definition) is 1. The van der Waals surface area contributed by atoms with Gasteiger partial charge in [0.25, 0.3) is 5.56 Å². The van der Waals surface area contributed by atoms with E-state index in [1.807, 2.05) is 0 Å². The number of nitrogens with zero attached hydrogens (tertiary/aromatic N) is 1. The first-order valence-electron chi connectivity index (χ1n) is 8.81. The molecule has 7 nitrogen and oxygen atoms in total. The number of benzene rings is 2. The normalized spacial score (nSPS) is 10.6. The first-order valence-corrected chi connectivity index (χ1v) is 8.81. The highest BCUT2D eigenvalue weighted by Crippen LogP contribution is 2.28. The van der Waals surface area contributed by atoms with Gasteiger partial charge in [-0.1, -0.05) is 18.2 Å². The number of fused-ring (bicyclic) bond motifs is 1. The third-order valence-corrected chi connectivity index (χ3v) is 4.18. The van der Waals surface area contributed by atoms with Crippen LogP contribution in [0.25, 0.3) is 16.5 Å². The molecule has 0 radical (unpaired) electrons. The zero-order valence-electron chi connectivity index (χ0n) is 15.5. The van der Waals surface area contributed by atoms with Crippen LogP contribution < -0.4 is 5.56 Å². The Balaban J connectivity index is 2.23. The van der Waals surface area contributed by atoms with Gasteiger partial charge >= 0.3 is 11.9 Å². The van der Waals surface area contributed by atoms with Crippen molar-refractivity contribution in [1.29, 1.82) is 0 Å². The number of rotatable bonds is 5. The van der Waals surface area contributed by atoms with Crippen molar-refractivity contribution in [2.75, 3.05) is 13.2 Å². The summed E-state index contributed by atoms with van der Waals surface area (Å²) in [6.07, 6.45) is 0. The number of carbonyl (C=O) groups is 2. The van der Waals surface area contributed by atoms with Crippen LogP contribution in [0.4, 0.5) is 0 Å². The zero-order chi connectivity index (χ0) is 20.3. The minimum Gasteiger partial charge on any atom is -0.493 e. The Labute approximate surface area is 160 Å². The molecule has 1 aromatic heterocycles. The van der Waals surface area contributed by atoms with Gasteiger partial charge in [-0.05, 0) is 44.2 Å². The van der Waals surface area contributed by atoms with Crippen molar-refractivity contribution in [2.24, 2.45) is 0 Å². The van der Waals surface area contributed by atoms with E-state index in [2.05, 4.69) is 0 Å². The van der Waals surface area contributed by atoms with Crippen LogP contribution in [0.15, 0.2) is 53.3 Å². The monoisotopic (exact) mass is 381 g/mol. The highest BCUT2D eigenvalue weighted by Gasteiger charge is 2.23. The average Bonchev–Trinajstić information content (AvgIpc) is 2.69. The summed E-state index contributed by atoms with van der Waals surface area (Å²) in [5.74, 6) is -1.74. The second kappa shape index (κ2) is 7.96. The maximum absolute atomic E-state index is 13.0. The summed E-state index contributed by atoms with van der Waals surface area (Å²) in [6, 6.07) is 12.5. The molecule has 0 fully saturated rings. The van der Waals surface area contributed by atoms with Gasteiger partial charge in [0.1, 0.15) is 5.56 Å². The predicted molar refractivity (Wildman–Crippen MR) is 103 cm³/mol. The fourth-order valence-corrected chi connectivity index (χ4v) is 2.94. The maximum atomic E-state index is 13.0. The molecule has 2 aromatic carbocycles. The molecule has 3 aromatic rings. The first kappa shape index (κ1) is 19.2. The summed E-state index contributed by atoms with van der Waals surface area (Å²) < 4.78 is 11.0. The van der Waals surface area contributed by atoms with E-state index < -0.39 is 23.4 Å². The van der Waals surface area contributed by atoms with E-state index >= 15 is 0 Å². The molecule has 0 atom stereocenters. The number of carbonyl (C=O) groups excluding carboxylic acids is 2. The van der Waals surface area contributed by atoms with Crippen molar-refractivity contribution >= 4 is 22.7 Å². The lowest BCUT2D eigenvalue weighted by Gasteiger charge is -2.15. The van der Waals surface area contributed by atoms with E-state index in [0.717, 1.165) is 4.57 Å². The van der Waals surface area contributed by atoms with E-state index in [9.17, 15) is 19.5 Å². The van der Waals surface area contributed by atoms with Crippen molar-refractivity contribution < 1.29 is 24.2 Å². The van der Waals surface area contributed by atoms with Crippen LogP contribution in [-0.2, 0) is 9.47 Å². The fraction of sp³-hybridized carbons (Fsp3) is 0.190. The Morgan fingerprint density at radius 1 is 0.893 bits per heavy atom. The maximum Gasteiger partial charge on any atom is 0.344 e. The van der Waals surface area contributed by atoms with Gasteiger partial charge in [-0.15, -0.1) is 0 Å². The molecule has 0 aliphatic rings. The quantitative estimate of drug-likeness (QED) is 0.683. The molecule has 0 bridgehead atoms. The van der Waals surface area contributed by atoms with Gasteiger partial charge in [-0.2, -0.15) is 0 Å². The SMILES string of the molecule is CCOC(=O)c1ccc(-n2c(O)c(C(=O)OCC)c3ccccc3c2=O)cc1. The summed E-state index contributed by atoms with van der Waals surface area (Å²) in [5, 5.41) is 11.3. The van der Waals surface area contributed by atoms with E-state index in [1.165, 1.54) is 24.3 Å². The largest absolute Gasteiger partial charge is 0.493 e. The van der Waals surface area contributed by atoms with Crippen LogP contribution in [0, 0.1) is 0 Å². The second-order valence-corrected chi connectivity index (χ2v) is 5.87. The van der Waals surface area contributed by atoms with E-state index in [-0.39, 0.29) is 24.2 Å². The minimum absolute atomic E-state index is 0.0912. The van der Waals surface area contributed by atoms with Crippen LogP contribution >= 0.6 is 0 Å². The summed E-state index contributed by atoms with van der Waals surface area (Å²) in [5.41, 5.74) is 0.0212. The molecule has 0 saturated carbocycles. The summed E-state index contributed by atoms with van der Waals surface area (Å²) in [6.45, 7) is 3.73. The molecule has 0 aliphatic carbocycles. The lowest BCUT2D eigenvalue weighted by molar-refractivity contribution is 0.0515. The third kappa shape index (κ3) is 3.34. The van der Waals surface area contributed by atoms with Crippen LogP contribution in [0.2, 0.25) is 0 Å². The van der Waals surface area contributed by atoms with Gasteiger partial charge in [0, 0.05) is 10.8 Å². The molecule has 0 amide bonds. The molecule has 0 spiro atoms. The van der Waals surface area contributed by atoms with E-state index in [4.69, 9.17) is 9.47 Å². The van der Waals surface area contributed by atoms with Crippen LogP contribution in [0.5, 0.6) is 5.88 Å². The smallest absolute Gasteiger partial charge is 0.344 e. The summed E-state index contributed by atoms with van der Waals surface area (Å²) in [4.78, 5) is 37.2. The molecule has 28 heavy (non-hydrogen) atoms. The zero-order valence-corrected chi connectivity index (χ0v) is 15.5.